The van der Waals surface area contributed by atoms with E-state index in [-0.39, 0.29) is 12.1 Å². The van der Waals surface area contributed by atoms with Crippen LogP contribution >= 0.6 is 0 Å². The number of carbonyl (C=O) groups is 1. The molecule has 0 aliphatic heterocycles. The second-order valence-electron chi connectivity index (χ2n) is 3.80. The summed E-state index contributed by atoms with van der Waals surface area (Å²) in [5.74, 6) is -1.26. The molecule has 1 atom stereocenters. The molecule has 0 saturated carbocycles. The molecule has 1 amide bonds. The van der Waals surface area contributed by atoms with E-state index in [2.05, 4.69) is 5.32 Å². The first-order valence-corrected chi connectivity index (χ1v) is 5.20. The molecule has 6 heteroatoms. The van der Waals surface area contributed by atoms with Gasteiger partial charge in [-0.1, -0.05) is 19.1 Å². The highest BCUT2D eigenvalue weighted by Gasteiger charge is 2.33. The van der Waals surface area contributed by atoms with E-state index in [1.54, 1.807) is 6.07 Å². The van der Waals surface area contributed by atoms with Crippen LogP contribution in [-0.4, -0.2) is 5.91 Å². The summed E-state index contributed by atoms with van der Waals surface area (Å²) in [6.07, 6.45) is -4.57. The van der Waals surface area contributed by atoms with Gasteiger partial charge in [0, 0.05) is 12.3 Å². The third-order valence-corrected chi connectivity index (χ3v) is 2.34. The lowest BCUT2D eigenvalue weighted by atomic mass is 10.1. The van der Waals surface area contributed by atoms with Gasteiger partial charge in [0.15, 0.2) is 0 Å². The van der Waals surface area contributed by atoms with Crippen LogP contribution in [-0.2, 0) is 11.0 Å². The zero-order valence-electron chi connectivity index (χ0n) is 9.58. The summed E-state index contributed by atoms with van der Waals surface area (Å²) < 4.78 is 37.9. The van der Waals surface area contributed by atoms with Crippen LogP contribution in [0.4, 0.5) is 18.9 Å². The highest BCUT2D eigenvalue weighted by molar-refractivity contribution is 5.93. The maximum atomic E-state index is 12.6. The third-order valence-electron chi connectivity index (χ3n) is 2.34. The van der Waals surface area contributed by atoms with Gasteiger partial charge in [-0.2, -0.15) is 18.4 Å². The number of nitriles is 1. The Morgan fingerprint density at radius 1 is 1.44 bits per heavy atom. The number of hydrogen-bond acceptors (Lipinski definition) is 2. The topological polar surface area (TPSA) is 52.9 Å². The molecule has 0 bridgehead atoms. The summed E-state index contributed by atoms with van der Waals surface area (Å²) in [7, 11) is 0. The summed E-state index contributed by atoms with van der Waals surface area (Å²) in [5.41, 5.74) is -1.19. The van der Waals surface area contributed by atoms with Crippen LogP contribution in [0.2, 0.25) is 0 Å². The fourth-order valence-electron chi connectivity index (χ4n) is 1.32. The summed E-state index contributed by atoms with van der Waals surface area (Å²) in [6, 6.07) is 6.52. The number of nitrogens with one attached hydrogen (secondary N) is 1. The summed E-state index contributed by atoms with van der Waals surface area (Å²) in [6.45, 7) is 1.48. The summed E-state index contributed by atoms with van der Waals surface area (Å²) in [4.78, 5) is 11.6. The van der Waals surface area contributed by atoms with Gasteiger partial charge in [0.2, 0.25) is 5.91 Å². The molecule has 0 aliphatic rings. The van der Waals surface area contributed by atoms with Gasteiger partial charge in [0.25, 0.3) is 0 Å². The van der Waals surface area contributed by atoms with Gasteiger partial charge in [-0.3, -0.25) is 4.79 Å². The van der Waals surface area contributed by atoms with Crippen LogP contribution in [0.15, 0.2) is 24.3 Å². The number of benzene rings is 1. The average Bonchev–Trinajstić information content (AvgIpc) is 2.28. The molecule has 1 aromatic rings. The van der Waals surface area contributed by atoms with Gasteiger partial charge in [-0.15, -0.1) is 0 Å². The molecule has 0 aromatic heterocycles. The van der Waals surface area contributed by atoms with Gasteiger partial charge in [-0.05, 0) is 12.1 Å². The van der Waals surface area contributed by atoms with E-state index in [1.165, 1.54) is 25.1 Å². The lowest BCUT2D eigenvalue weighted by Crippen LogP contribution is -2.22. The minimum absolute atomic E-state index is 0.0416. The molecule has 1 rings (SSSR count). The first-order chi connectivity index (χ1) is 8.36. The number of amides is 1. The Hall–Kier alpha value is -2.03. The normalized spacial score (nSPS) is 12.6. The van der Waals surface area contributed by atoms with Crippen LogP contribution in [0.25, 0.3) is 0 Å². The summed E-state index contributed by atoms with van der Waals surface area (Å²) in [5, 5.41) is 10.6. The van der Waals surface area contributed by atoms with Crippen molar-refractivity contribution in [3.63, 3.8) is 0 Å². The number of rotatable bonds is 3. The van der Waals surface area contributed by atoms with Crippen molar-refractivity contribution in [3.8, 4) is 6.07 Å². The van der Waals surface area contributed by atoms with Crippen LogP contribution in [0, 0.1) is 17.2 Å². The number of alkyl halides is 3. The van der Waals surface area contributed by atoms with Crippen LogP contribution in [0.1, 0.15) is 18.9 Å². The summed E-state index contributed by atoms with van der Waals surface area (Å²) >= 11 is 0. The van der Waals surface area contributed by atoms with Crippen LogP contribution in [0.5, 0.6) is 0 Å². The van der Waals surface area contributed by atoms with Crippen molar-refractivity contribution in [1.29, 1.82) is 5.26 Å². The van der Waals surface area contributed by atoms with Crippen molar-refractivity contribution in [2.75, 3.05) is 5.32 Å². The number of anilines is 1. The van der Waals surface area contributed by atoms with Crippen molar-refractivity contribution >= 4 is 11.6 Å². The lowest BCUT2D eigenvalue weighted by Gasteiger charge is -2.15. The second kappa shape index (κ2) is 5.54. The molecule has 96 valence electrons. The quantitative estimate of drug-likeness (QED) is 0.902. The fraction of sp³-hybridized carbons (Fsp3) is 0.333. The molecule has 0 aliphatic carbocycles. The first kappa shape index (κ1) is 14.0. The highest BCUT2D eigenvalue weighted by atomic mass is 19.4. The molecule has 0 spiro atoms. The van der Waals surface area contributed by atoms with Crippen molar-refractivity contribution in [2.24, 2.45) is 5.92 Å². The fourth-order valence-corrected chi connectivity index (χ4v) is 1.32. The van der Waals surface area contributed by atoms with E-state index in [0.717, 1.165) is 6.07 Å². The first-order valence-electron chi connectivity index (χ1n) is 5.20. The zero-order valence-corrected chi connectivity index (χ0v) is 9.58. The molecule has 0 heterocycles. The van der Waals surface area contributed by atoms with Crippen molar-refractivity contribution in [2.45, 2.75) is 19.5 Å². The predicted octanol–water partition coefficient (Wildman–Crippen LogP) is 3.19. The third kappa shape index (κ3) is 3.48. The van der Waals surface area contributed by atoms with E-state index in [0.29, 0.717) is 0 Å². The van der Waals surface area contributed by atoms with Gasteiger partial charge < -0.3 is 5.32 Å². The largest absolute Gasteiger partial charge is 0.418 e. The maximum absolute atomic E-state index is 12.6. The molecular formula is C12H11F3N2O. The van der Waals surface area contributed by atoms with E-state index >= 15 is 0 Å². The van der Waals surface area contributed by atoms with Crippen LogP contribution in [0.3, 0.4) is 0 Å². The van der Waals surface area contributed by atoms with Crippen molar-refractivity contribution in [3.05, 3.63) is 29.8 Å². The molecule has 3 nitrogen and oxygen atoms in total. The number of halogens is 3. The van der Waals surface area contributed by atoms with Gasteiger partial charge in [0.1, 0.15) is 0 Å². The van der Waals surface area contributed by atoms with E-state index in [9.17, 15) is 18.0 Å². The Labute approximate surface area is 102 Å². The molecule has 0 saturated heterocycles. The Balaban J connectivity index is 2.92. The standard InChI is InChI=1S/C12H11F3N2O/c1-8(6-7-16)11(18)17-10-5-3-2-4-9(10)12(13,14)15/h2-5,8H,6H2,1H3,(H,17,18). The lowest BCUT2D eigenvalue weighted by molar-refractivity contribution is -0.137. The van der Waals surface area contributed by atoms with Crippen molar-refractivity contribution < 1.29 is 18.0 Å². The van der Waals surface area contributed by atoms with Gasteiger partial charge in [-0.25, -0.2) is 0 Å². The van der Waals surface area contributed by atoms with E-state index < -0.39 is 23.6 Å². The van der Waals surface area contributed by atoms with Crippen molar-refractivity contribution in [1.82, 2.24) is 0 Å². The van der Waals surface area contributed by atoms with Gasteiger partial charge >= 0.3 is 6.18 Å². The Bertz CT molecular complexity index is 477. The maximum Gasteiger partial charge on any atom is 0.418 e. The highest BCUT2D eigenvalue weighted by Crippen LogP contribution is 2.34. The Morgan fingerprint density at radius 3 is 2.61 bits per heavy atom. The molecule has 1 aromatic carbocycles. The smallest absolute Gasteiger partial charge is 0.325 e. The second-order valence-corrected chi connectivity index (χ2v) is 3.80. The minimum atomic E-state index is -4.53. The van der Waals surface area contributed by atoms with Gasteiger partial charge in [0.05, 0.1) is 17.3 Å². The predicted molar refractivity (Wildman–Crippen MR) is 59.5 cm³/mol. The van der Waals surface area contributed by atoms with E-state index in [4.69, 9.17) is 5.26 Å². The van der Waals surface area contributed by atoms with Crippen LogP contribution < -0.4 is 5.32 Å². The van der Waals surface area contributed by atoms with E-state index in [1.807, 2.05) is 0 Å². The number of hydrogen-bond donors (Lipinski definition) is 1. The number of carbonyl (C=O) groups excluding carboxylic acids is 1. The Kier molecular flexibility index (Phi) is 4.32. The molecule has 1 unspecified atom stereocenters. The molecule has 0 fully saturated rings. The minimum Gasteiger partial charge on any atom is -0.325 e. The molecular weight excluding hydrogens is 245 g/mol. The number of nitrogens with zero attached hydrogens (tertiary/aromatic N) is 1. The zero-order chi connectivity index (χ0) is 13.8. The molecule has 1 N–H and O–H groups in total. The number of para-hydroxylation sites is 1. The molecule has 18 heavy (non-hydrogen) atoms. The Morgan fingerprint density at radius 2 is 2.06 bits per heavy atom. The molecule has 0 radical (unpaired) electrons. The monoisotopic (exact) mass is 256 g/mol. The average molecular weight is 256 g/mol. The SMILES string of the molecule is CC(CC#N)C(=O)Nc1ccccc1C(F)(F)F.